The topological polar surface area (TPSA) is 27.7 Å². The molecule has 0 N–H and O–H groups in total. The van der Waals surface area contributed by atoms with E-state index < -0.39 is 50.6 Å². The molecule has 0 saturated carbocycles. The predicted octanol–water partition coefficient (Wildman–Crippen LogP) is 2.67. The Labute approximate surface area is 114 Å². The molecular formula is C11H13F5O3Si. The first-order valence-corrected chi connectivity index (χ1v) is 6.92. The standard InChI is InChI=1S/C11H13F5O3Si/c1-5(19-20(17-2)18-3)8(13)6-4-7(12)10(15)11(16)9(6)14/h4-5,8,20H,1-3H3. The van der Waals surface area contributed by atoms with Crippen LogP contribution in [0.3, 0.4) is 0 Å². The van der Waals surface area contributed by atoms with Crippen molar-refractivity contribution < 1.29 is 35.2 Å². The maximum absolute atomic E-state index is 14.0. The van der Waals surface area contributed by atoms with E-state index in [4.69, 9.17) is 13.3 Å². The minimum Gasteiger partial charge on any atom is -0.379 e. The minimum absolute atomic E-state index is 0.258. The summed E-state index contributed by atoms with van der Waals surface area (Å²) in [5, 5.41) is 0. The molecule has 3 nitrogen and oxygen atoms in total. The second-order valence-corrected chi connectivity index (χ2v) is 5.68. The van der Waals surface area contributed by atoms with E-state index in [0.29, 0.717) is 0 Å². The molecule has 114 valence electrons. The highest BCUT2D eigenvalue weighted by molar-refractivity contribution is 6.36. The first kappa shape index (κ1) is 17.0. The van der Waals surface area contributed by atoms with Gasteiger partial charge < -0.3 is 13.3 Å². The largest absolute Gasteiger partial charge is 0.484 e. The molecule has 0 amide bonds. The fourth-order valence-corrected chi connectivity index (χ4v) is 2.40. The molecule has 0 spiro atoms. The van der Waals surface area contributed by atoms with Crippen molar-refractivity contribution in [1.29, 1.82) is 0 Å². The van der Waals surface area contributed by atoms with Gasteiger partial charge in [-0.15, -0.1) is 0 Å². The van der Waals surface area contributed by atoms with Crippen LogP contribution in [0.5, 0.6) is 0 Å². The van der Waals surface area contributed by atoms with Crippen LogP contribution in [-0.4, -0.2) is 29.9 Å². The fourth-order valence-electron chi connectivity index (χ4n) is 1.50. The summed E-state index contributed by atoms with van der Waals surface area (Å²) in [6.07, 6.45) is -3.50. The van der Waals surface area contributed by atoms with Gasteiger partial charge in [-0.05, 0) is 13.0 Å². The quantitative estimate of drug-likeness (QED) is 0.349. The third-order valence-corrected chi connectivity index (χ3v) is 3.97. The fraction of sp³-hybridized carbons (Fsp3) is 0.455. The smallest absolute Gasteiger partial charge is 0.379 e. The Bertz CT molecular complexity index is 470. The van der Waals surface area contributed by atoms with E-state index in [0.717, 1.165) is 0 Å². The number of alkyl halides is 1. The van der Waals surface area contributed by atoms with Crippen molar-refractivity contribution in [3.63, 3.8) is 0 Å². The molecular weight excluding hydrogens is 303 g/mol. The van der Waals surface area contributed by atoms with Gasteiger partial charge in [0.2, 0.25) is 0 Å². The summed E-state index contributed by atoms with van der Waals surface area (Å²) >= 11 is 0. The second-order valence-electron chi connectivity index (χ2n) is 3.89. The zero-order valence-electron chi connectivity index (χ0n) is 10.9. The Balaban J connectivity index is 3.00. The van der Waals surface area contributed by atoms with Gasteiger partial charge in [-0.25, -0.2) is 22.0 Å². The number of rotatable bonds is 6. The van der Waals surface area contributed by atoms with E-state index in [9.17, 15) is 22.0 Å². The molecule has 9 heteroatoms. The summed E-state index contributed by atoms with van der Waals surface area (Å²) < 4.78 is 80.9. The number of hydrogen-bond acceptors (Lipinski definition) is 3. The van der Waals surface area contributed by atoms with Crippen molar-refractivity contribution in [2.45, 2.75) is 19.2 Å². The van der Waals surface area contributed by atoms with Gasteiger partial charge in [0, 0.05) is 19.8 Å². The second kappa shape index (κ2) is 7.11. The normalized spacial score (nSPS) is 14.7. The molecule has 0 aromatic heterocycles. The van der Waals surface area contributed by atoms with Crippen LogP contribution < -0.4 is 0 Å². The van der Waals surface area contributed by atoms with Crippen molar-refractivity contribution in [3.05, 3.63) is 34.9 Å². The van der Waals surface area contributed by atoms with Crippen LogP contribution in [0.25, 0.3) is 0 Å². The van der Waals surface area contributed by atoms with Gasteiger partial charge in [0.05, 0.1) is 6.10 Å². The lowest BCUT2D eigenvalue weighted by Crippen LogP contribution is -2.31. The van der Waals surface area contributed by atoms with E-state index in [-0.39, 0.29) is 6.07 Å². The summed E-state index contributed by atoms with van der Waals surface area (Å²) in [6.45, 7) is 1.21. The molecule has 0 heterocycles. The average Bonchev–Trinajstić information content (AvgIpc) is 2.45. The van der Waals surface area contributed by atoms with Crippen molar-refractivity contribution in [2.24, 2.45) is 0 Å². The first-order chi connectivity index (χ1) is 9.33. The Morgan fingerprint density at radius 2 is 1.55 bits per heavy atom. The molecule has 0 fully saturated rings. The van der Waals surface area contributed by atoms with Crippen LogP contribution in [0, 0.1) is 23.3 Å². The number of halogens is 5. The van der Waals surface area contributed by atoms with Crippen molar-refractivity contribution in [3.8, 4) is 0 Å². The summed E-state index contributed by atoms with van der Waals surface area (Å²) in [7, 11) is -0.0519. The Morgan fingerprint density at radius 3 is 2.05 bits per heavy atom. The van der Waals surface area contributed by atoms with Crippen LogP contribution in [0.4, 0.5) is 22.0 Å². The summed E-state index contributed by atoms with van der Waals surface area (Å²) in [5.74, 6) is -7.53. The Kier molecular flexibility index (Phi) is 6.05. The van der Waals surface area contributed by atoms with Crippen LogP contribution in [-0.2, 0) is 13.3 Å². The molecule has 0 aliphatic carbocycles. The van der Waals surface area contributed by atoms with E-state index in [1.807, 2.05) is 0 Å². The number of benzene rings is 1. The number of hydrogen-bond donors (Lipinski definition) is 0. The van der Waals surface area contributed by atoms with E-state index in [2.05, 4.69) is 0 Å². The van der Waals surface area contributed by atoms with Gasteiger partial charge >= 0.3 is 9.53 Å². The molecule has 0 bridgehead atoms. The summed E-state index contributed by atoms with van der Waals surface area (Å²) in [4.78, 5) is 0. The highest BCUT2D eigenvalue weighted by Crippen LogP contribution is 2.29. The summed E-state index contributed by atoms with van der Waals surface area (Å²) in [5.41, 5.74) is -0.964. The molecule has 0 saturated heterocycles. The lowest BCUT2D eigenvalue weighted by atomic mass is 10.1. The monoisotopic (exact) mass is 316 g/mol. The zero-order chi connectivity index (χ0) is 15.4. The lowest BCUT2D eigenvalue weighted by molar-refractivity contribution is 0.0450. The molecule has 0 aliphatic heterocycles. The van der Waals surface area contributed by atoms with Gasteiger partial charge in [-0.1, -0.05) is 0 Å². The molecule has 0 aliphatic rings. The van der Waals surface area contributed by atoms with Crippen LogP contribution in [0.15, 0.2) is 6.07 Å². The maximum atomic E-state index is 14.0. The zero-order valence-corrected chi connectivity index (χ0v) is 12.1. The average molecular weight is 316 g/mol. The van der Waals surface area contributed by atoms with E-state index >= 15 is 0 Å². The first-order valence-electron chi connectivity index (χ1n) is 5.51. The van der Waals surface area contributed by atoms with Crippen LogP contribution in [0.2, 0.25) is 0 Å². The summed E-state index contributed by atoms with van der Waals surface area (Å²) in [6, 6.07) is 0.258. The van der Waals surface area contributed by atoms with Gasteiger partial charge in [-0.3, -0.25) is 0 Å². The third kappa shape index (κ3) is 3.54. The molecule has 2 atom stereocenters. The Morgan fingerprint density at radius 1 is 1.00 bits per heavy atom. The maximum Gasteiger partial charge on any atom is 0.484 e. The van der Waals surface area contributed by atoms with Crippen LogP contribution >= 0.6 is 0 Å². The van der Waals surface area contributed by atoms with Gasteiger partial charge in [0.15, 0.2) is 29.4 Å². The van der Waals surface area contributed by atoms with Crippen LogP contribution in [0.1, 0.15) is 18.7 Å². The van der Waals surface area contributed by atoms with Crippen molar-refractivity contribution in [2.75, 3.05) is 14.2 Å². The molecule has 1 aromatic carbocycles. The highest BCUT2D eigenvalue weighted by atomic mass is 28.3. The van der Waals surface area contributed by atoms with Crippen molar-refractivity contribution >= 4 is 9.53 Å². The third-order valence-electron chi connectivity index (χ3n) is 2.55. The van der Waals surface area contributed by atoms with Gasteiger partial charge in [0.25, 0.3) is 0 Å². The predicted molar refractivity (Wildman–Crippen MR) is 61.8 cm³/mol. The minimum atomic E-state index is -2.60. The van der Waals surface area contributed by atoms with Crippen molar-refractivity contribution in [1.82, 2.24) is 0 Å². The molecule has 1 rings (SSSR count). The molecule has 2 unspecified atom stereocenters. The van der Waals surface area contributed by atoms with E-state index in [1.165, 1.54) is 21.1 Å². The van der Waals surface area contributed by atoms with Gasteiger partial charge in [-0.2, -0.15) is 0 Å². The SMILES string of the molecule is CO[SiH](OC)OC(C)C(F)c1cc(F)c(F)c(F)c1F. The molecule has 0 radical (unpaired) electrons. The van der Waals surface area contributed by atoms with Gasteiger partial charge in [0.1, 0.15) is 0 Å². The molecule has 1 aromatic rings. The van der Waals surface area contributed by atoms with E-state index in [1.54, 1.807) is 0 Å². The molecule has 20 heavy (non-hydrogen) atoms. The lowest BCUT2D eigenvalue weighted by Gasteiger charge is -2.22. The Hall–Kier alpha value is -1.03. The highest BCUT2D eigenvalue weighted by Gasteiger charge is 2.30.